The molecule has 9 heteroatoms. The summed E-state index contributed by atoms with van der Waals surface area (Å²) < 4.78 is 54.1. The van der Waals surface area contributed by atoms with E-state index in [4.69, 9.17) is 0 Å². The fraction of sp³-hybridized carbons (Fsp3) is 0.211. The number of hydrogen-bond donors (Lipinski definition) is 0. The highest BCUT2D eigenvalue weighted by Crippen LogP contribution is 2.45. The predicted octanol–water partition coefficient (Wildman–Crippen LogP) is 3.80. The first-order chi connectivity index (χ1) is 13.2. The largest absolute Gasteiger partial charge is 0.298 e. The summed E-state index contributed by atoms with van der Waals surface area (Å²) in [5.74, 6) is 0. The fourth-order valence-corrected chi connectivity index (χ4v) is 8.02. The Hall–Kier alpha value is -1.97. The van der Waals surface area contributed by atoms with Crippen molar-refractivity contribution < 1.29 is 21.6 Å². The summed E-state index contributed by atoms with van der Waals surface area (Å²) in [7, 11) is -8.16. The van der Waals surface area contributed by atoms with Gasteiger partial charge in [-0.1, -0.05) is 43.7 Å². The number of sulfone groups is 1. The number of nitrogens with zero attached hydrogens (tertiary/aromatic N) is 1. The monoisotopic (exact) mass is 483 g/mol. The molecule has 1 aliphatic rings. The van der Waals surface area contributed by atoms with Gasteiger partial charge in [-0.25, -0.2) is 16.8 Å². The lowest BCUT2D eigenvalue weighted by Crippen LogP contribution is -2.34. The van der Waals surface area contributed by atoms with E-state index in [1.165, 1.54) is 30.3 Å². The quantitative estimate of drug-likeness (QED) is 0.558. The van der Waals surface area contributed by atoms with Crippen molar-refractivity contribution >= 4 is 46.6 Å². The van der Waals surface area contributed by atoms with Crippen molar-refractivity contribution in [3.63, 3.8) is 0 Å². The average molecular weight is 484 g/mol. The van der Waals surface area contributed by atoms with Gasteiger partial charge in [-0.3, -0.25) is 9.10 Å². The standard InChI is InChI=1S/C19H18BrNO5S2/c1-2-3-12-21(28(25,26)15-10-8-14(13-22)9-11-15)19-18(20)16-6-4-5-7-17(16)27(19,23)24/h4-11,13H,2-3,12H2,1H3. The van der Waals surface area contributed by atoms with Crippen LogP contribution in [0.1, 0.15) is 35.7 Å². The number of unbranched alkanes of at least 4 members (excludes halogenated alkanes) is 1. The Balaban J connectivity index is 2.18. The normalized spacial score (nSPS) is 15.4. The molecule has 148 valence electrons. The molecule has 2 aromatic carbocycles. The number of hydrogen-bond acceptors (Lipinski definition) is 5. The third-order valence-corrected chi connectivity index (χ3v) is 9.26. The molecule has 0 atom stereocenters. The van der Waals surface area contributed by atoms with Gasteiger partial charge in [0.1, 0.15) is 6.29 Å². The predicted molar refractivity (Wildman–Crippen MR) is 110 cm³/mol. The van der Waals surface area contributed by atoms with E-state index in [0.717, 1.165) is 4.31 Å². The molecule has 0 N–H and O–H groups in total. The van der Waals surface area contributed by atoms with Crippen molar-refractivity contribution in [1.82, 2.24) is 4.31 Å². The molecule has 0 bridgehead atoms. The SMILES string of the molecule is CCCCN(C1=C(Br)c2ccccc2S1(=O)=O)S(=O)(=O)c1ccc(C=O)cc1. The maximum Gasteiger partial charge on any atom is 0.264 e. The number of benzene rings is 2. The van der Waals surface area contributed by atoms with Crippen LogP contribution in [0.5, 0.6) is 0 Å². The van der Waals surface area contributed by atoms with E-state index in [2.05, 4.69) is 15.9 Å². The molecule has 0 saturated carbocycles. The lowest BCUT2D eigenvalue weighted by Gasteiger charge is -2.25. The van der Waals surface area contributed by atoms with Gasteiger partial charge in [0.25, 0.3) is 10.0 Å². The van der Waals surface area contributed by atoms with Gasteiger partial charge in [0.15, 0.2) is 5.03 Å². The molecule has 0 saturated heterocycles. The van der Waals surface area contributed by atoms with Gasteiger partial charge in [-0.2, -0.15) is 0 Å². The van der Waals surface area contributed by atoms with Crippen LogP contribution in [0.2, 0.25) is 0 Å². The highest BCUT2D eigenvalue weighted by Gasteiger charge is 2.42. The van der Waals surface area contributed by atoms with Gasteiger partial charge in [0.2, 0.25) is 9.84 Å². The van der Waals surface area contributed by atoms with Crippen molar-refractivity contribution in [1.29, 1.82) is 0 Å². The van der Waals surface area contributed by atoms with Crippen LogP contribution in [0.4, 0.5) is 0 Å². The Morgan fingerprint density at radius 1 is 1.07 bits per heavy atom. The van der Waals surface area contributed by atoms with Crippen LogP contribution in [0.3, 0.4) is 0 Å². The zero-order valence-electron chi connectivity index (χ0n) is 15.0. The summed E-state index contributed by atoms with van der Waals surface area (Å²) in [4.78, 5) is 10.9. The molecule has 0 spiro atoms. The molecule has 0 amide bonds. The molecular weight excluding hydrogens is 466 g/mol. The number of sulfonamides is 1. The molecule has 0 aliphatic carbocycles. The Labute approximate surface area is 173 Å². The molecule has 28 heavy (non-hydrogen) atoms. The summed E-state index contributed by atoms with van der Waals surface area (Å²) in [6.07, 6.45) is 1.79. The van der Waals surface area contributed by atoms with Gasteiger partial charge in [0, 0.05) is 17.7 Å². The maximum atomic E-state index is 13.3. The zero-order valence-corrected chi connectivity index (χ0v) is 18.2. The van der Waals surface area contributed by atoms with Crippen molar-refractivity contribution in [3.8, 4) is 0 Å². The van der Waals surface area contributed by atoms with Gasteiger partial charge >= 0.3 is 0 Å². The number of carbonyl (C=O) groups excluding carboxylic acids is 1. The molecule has 3 rings (SSSR count). The number of halogens is 1. The van der Waals surface area contributed by atoms with E-state index in [1.807, 2.05) is 6.92 Å². The van der Waals surface area contributed by atoms with E-state index in [0.29, 0.717) is 30.3 Å². The summed E-state index contributed by atoms with van der Waals surface area (Å²) >= 11 is 3.31. The van der Waals surface area contributed by atoms with E-state index in [1.54, 1.807) is 18.2 Å². The van der Waals surface area contributed by atoms with Crippen molar-refractivity contribution in [3.05, 3.63) is 64.7 Å². The van der Waals surface area contributed by atoms with Gasteiger partial charge < -0.3 is 0 Å². The Morgan fingerprint density at radius 3 is 2.29 bits per heavy atom. The highest BCUT2D eigenvalue weighted by atomic mass is 79.9. The minimum Gasteiger partial charge on any atom is -0.298 e. The third-order valence-electron chi connectivity index (χ3n) is 4.40. The minimum absolute atomic E-state index is 0.0198. The second kappa shape index (κ2) is 7.81. The topological polar surface area (TPSA) is 88.6 Å². The second-order valence-electron chi connectivity index (χ2n) is 6.24. The molecular formula is C19H18BrNO5S2. The van der Waals surface area contributed by atoms with Crippen LogP contribution in [0.25, 0.3) is 4.48 Å². The molecule has 0 unspecified atom stereocenters. The first kappa shape index (κ1) is 20.8. The van der Waals surface area contributed by atoms with Crippen LogP contribution in [-0.2, 0) is 19.9 Å². The number of rotatable bonds is 7. The first-order valence-electron chi connectivity index (χ1n) is 8.57. The van der Waals surface area contributed by atoms with Crippen molar-refractivity contribution in [2.24, 2.45) is 0 Å². The van der Waals surface area contributed by atoms with Crippen molar-refractivity contribution in [2.45, 2.75) is 29.6 Å². The molecule has 0 radical (unpaired) electrons. The lowest BCUT2D eigenvalue weighted by atomic mass is 10.2. The minimum atomic E-state index is -4.15. The van der Waals surface area contributed by atoms with Gasteiger partial charge in [-0.15, -0.1) is 0 Å². The molecule has 1 aliphatic heterocycles. The fourth-order valence-electron chi connectivity index (χ4n) is 2.94. The van der Waals surface area contributed by atoms with Gasteiger partial charge in [0.05, 0.1) is 14.3 Å². The summed E-state index contributed by atoms with van der Waals surface area (Å²) in [6.45, 7) is 1.91. The Kier molecular flexibility index (Phi) is 5.79. The Morgan fingerprint density at radius 2 is 1.71 bits per heavy atom. The van der Waals surface area contributed by atoms with Crippen LogP contribution >= 0.6 is 15.9 Å². The maximum absolute atomic E-state index is 13.3. The molecule has 1 heterocycles. The summed E-state index contributed by atoms with van der Waals surface area (Å²) in [6, 6.07) is 11.8. The Bertz CT molecular complexity index is 1150. The van der Waals surface area contributed by atoms with E-state index < -0.39 is 19.9 Å². The number of aldehydes is 1. The van der Waals surface area contributed by atoms with Crippen LogP contribution in [-0.4, -0.2) is 34.0 Å². The van der Waals surface area contributed by atoms with E-state index in [-0.39, 0.29) is 25.8 Å². The highest BCUT2D eigenvalue weighted by molar-refractivity contribution is 9.15. The smallest absolute Gasteiger partial charge is 0.264 e. The van der Waals surface area contributed by atoms with Crippen molar-refractivity contribution in [2.75, 3.05) is 6.54 Å². The molecule has 0 aromatic heterocycles. The lowest BCUT2D eigenvalue weighted by molar-refractivity contribution is 0.112. The zero-order chi connectivity index (χ0) is 20.5. The average Bonchev–Trinajstić information content (AvgIpc) is 2.89. The summed E-state index contributed by atoms with van der Waals surface area (Å²) in [5, 5.41) is -0.276. The van der Waals surface area contributed by atoms with Gasteiger partial charge in [-0.05, 0) is 40.5 Å². The van der Waals surface area contributed by atoms with Crippen LogP contribution < -0.4 is 0 Å². The van der Waals surface area contributed by atoms with Crippen LogP contribution in [0.15, 0.2) is 63.4 Å². The molecule has 6 nitrogen and oxygen atoms in total. The number of carbonyl (C=O) groups is 1. The number of fused-ring (bicyclic) bond motifs is 1. The molecule has 0 fully saturated rings. The second-order valence-corrected chi connectivity index (χ2v) is 10.7. The summed E-state index contributed by atoms with van der Waals surface area (Å²) in [5.41, 5.74) is 0.769. The van der Waals surface area contributed by atoms with E-state index in [9.17, 15) is 21.6 Å². The van der Waals surface area contributed by atoms with Crippen LogP contribution in [0, 0.1) is 0 Å². The first-order valence-corrected chi connectivity index (χ1v) is 12.3. The third kappa shape index (κ3) is 3.42. The van der Waals surface area contributed by atoms with E-state index >= 15 is 0 Å². The molecule has 2 aromatic rings.